The lowest BCUT2D eigenvalue weighted by Gasteiger charge is -2.12. The number of fused-ring (bicyclic) bond motifs is 1. The van der Waals surface area contributed by atoms with Crippen molar-refractivity contribution in [2.24, 2.45) is 5.73 Å². The van der Waals surface area contributed by atoms with Gasteiger partial charge in [0, 0.05) is 12.5 Å². The average Bonchev–Trinajstić information content (AvgIpc) is 2.65. The summed E-state index contributed by atoms with van der Waals surface area (Å²) in [6.07, 6.45) is 1.80. The molecule has 0 spiro atoms. The number of hydrogen-bond acceptors (Lipinski definition) is 5. The van der Waals surface area contributed by atoms with E-state index in [2.05, 4.69) is 15.3 Å². The van der Waals surface area contributed by atoms with E-state index in [4.69, 9.17) is 5.73 Å². The number of thiophene rings is 1. The van der Waals surface area contributed by atoms with Crippen LogP contribution in [0.15, 0.2) is 17.8 Å². The van der Waals surface area contributed by atoms with Crippen molar-refractivity contribution in [3.05, 3.63) is 17.8 Å². The minimum atomic E-state index is -0.323. The number of hydrogen-bond donors (Lipinski definition) is 2. The normalized spacial score (nSPS) is 12.6. The Balaban J connectivity index is 2.20. The van der Waals surface area contributed by atoms with Crippen LogP contribution in [0.3, 0.4) is 0 Å². The molecule has 0 aliphatic carbocycles. The summed E-state index contributed by atoms with van der Waals surface area (Å²) in [6, 6.07) is 1.91. The molecule has 2 aromatic rings. The number of aromatic nitrogens is 2. The molecule has 0 bridgehead atoms. The van der Waals surface area contributed by atoms with Gasteiger partial charge in [0.1, 0.15) is 12.1 Å². The third-order valence-corrected chi connectivity index (χ3v) is 3.04. The van der Waals surface area contributed by atoms with Crippen LogP contribution >= 0.6 is 11.3 Å². The predicted molar refractivity (Wildman–Crippen MR) is 64.3 cm³/mol. The van der Waals surface area contributed by atoms with Crippen LogP contribution in [0.2, 0.25) is 0 Å². The molecule has 3 N–H and O–H groups in total. The van der Waals surface area contributed by atoms with E-state index >= 15 is 0 Å². The number of carbonyl (C=O) groups is 1. The van der Waals surface area contributed by atoms with Gasteiger partial charge in [0.25, 0.3) is 0 Å². The van der Waals surface area contributed by atoms with Gasteiger partial charge in [-0.25, -0.2) is 9.97 Å². The summed E-state index contributed by atoms with van der Waals surface area (Å²) in [7, 11) is 0. The molecule has 16 heavy (non-hydrogen) atoms. The third kappa shape index (κ3) is 2.27. The quantitative estimate of drug-likeness (QED) is 0.840. The number of nitrogens with one attached hydrogen (secondary N) is 1. The van der Waals surface area contributed by atoms with E-state index in [-0.39, 0.29) is 18.4 Å². The molecule has 0 saturated carbocycles. The standard InChI is InChI=1S/C10H12N4OS/c1-6(4-8(11)15)14-10-9-7(2-3-16-9)12-5-13-10/h2-3,5-6H,4H2,1H3,(H2,11,15)(H,12,13,14). The molecule has 2 aromatic heterocycles. The summed E-state index contributed by atoms with van der Waals surface area (Å²) in [6.45, 7) is 1.90. The van der Waals surface area contributed by atoms with Gasteiger partial charge in [-0.05, 0) is 18.4 Å². The summed E-state index contributed by atoms with van der Waals surface area (Å²) >= 11 is 1.57. The van der Waals surface area contributed by atoms with E-state index in [1.54, 1.807) is 11.3 Å². The maximum absolute atomic E-state index is 10.8. The van der Waals surface area contributed by atoms with Gasteiger partial charge in [0.05, 0.1) is 10.2 Å². The van der Waals surface area contributed by atoms with Gasteiger partial charge in [-0.15, -0.1) is 11.3 Å². The molecule has 1 unspecified atom stereocenters. The number of anilines is 1. The van der Waals surface area contributed by atoms with E-state index in [1.807, 2.05) is 18.4 Å². The van der Waals surface area contributed by atoms with Crippen LogP contribution in [0.1, 0.15) is 13.3 Å². The number of nitrogens with two attached hydrogens (primary N) is 1. The predicted octanol–water partition coefficient (Wildman–Crippen LogP) is 1.37. The fraction of sp³-hybridized carbons (Fsp3) is 0.300. The van der Waals surface area contributed by atoms with E-state index in [0.717, 1.165) is 16.0 Å². The molecule has 0 aromatic carbocycles. The van der Waals surface area contributed by atoms with Crippen molar-refractivity contribution in [1.82, 2.24) is 9.97 Å². The molecule has 0 radical (unpaired) electrons. The Hall–Kier alpha value is -1.69. The fourth-order valence-corrected chi connectivity index (χ4v) is 2.28. The van der Waals surface area contributed by atoms with Crippen LogP contribution in [-0.2, 0) is 4.79 Å². The van der Waals surface area contributed by atoms with Crippen LogP contribution < -0.4 is 11.1 Å². The van der Waals surface area contributed by atoms with Crippen molar-refractivity contribution < 1.29 is 4.79 Å². The highest BCUT2D eigenvalue weighted by Gasteiger charge is 2.10. The molecule has 0 aliphatic rings. The van der Waals surface area contributed by atoms with E-state index in [0.29, 0.717) is 0 Å². The number of nitrogens with zero attached hydrogens (tertiary/aromatic N) is 2. The maximum atomic E-state index is 10.8. The first-order valence-corrected chi connectivity index (χ1v) is 5.78. The van der Waals surface area contributed by atoms with E-state index in [1.165, 1.54) is 6.33 Å². The molecule has 1 atom stereocenters. The van der Waals surface area contributed by atoms with Crippen LogP contribution in [0.5, 0.6) is 0 Å². The Morgan fingerprint density at radius 2 is 2.44 bits per heavy atom. The second-order valence-electron chi connectivity index (χ2n) is 3.57. The van der Waals surface area contributed by atoms with Crippen LogP contribution in [-0.4, -0.2) is 21.9 Å². The summed E-state index contributed by atoms with van der Waals surface area (Å²) in [5, 5.41) is 5.12. The molecule has 1 amide bonds. The Morgan fingerprint density at radius 3 is 3.19 bits per heavy atom. The van der Waals surface area contributed by atoms with Crippen molar-refractivity contribution in [2.75, 3.05) is 5.32 Å². The minimum Gasteiger partial charge on any atom is -0.370 e. The Morgan fingerprint density at radius 1 is 1.62 bits per heavy atom. The van der Waals surface area contributed by atoms with Gasteiger partial charge < -0.3 is 11.1 Å². The summed E-state index contributed by atoms with van der Waals surface area (Å²) in [5.74, 6) is 0.435. The van der Waals surface area contributed by atoms with Crippen LogP contribution in [0, 0.1) is 0 Å². The molecular formula is C10H12N4OS. The summed E-state index contributed by atoms with van der Waals surface area (Å²) < 4.78 is 0.999. The monoisotopic (exact) mass is 236 g/mol. The first-order chi connectivity index (χ1) is 7.66. The van der Waals surface area contributed by atoms with Gasteiger partial charge in [0.2, 0.25) is 5.91 Å². The van der Waals surface area contributed by atoms with Gasteiger partial charge in [-0.2, -0.15) is 0 Å². The molecule has 2 heterocycles. The zero-order valence-corrected chi connectivity index (χ0v) is 9.62. The Kier molecular flexibility index (Phi) is 3.00. The summed E-state index contributed by atoms with van der Waals surface area (Å²) in [5.41, 5.74) is 6.04. The van der Waals surface area contributed by atoms with Gasteiger partial charge in [-0.1, -0.05) is 0 Å². The Bertz CT molecular complexity index is 510. The fourth-order valence-electron chi connectivity index (χ4n) is 1.48. The van der Waals surface area contributed by atoms with E-state index < -0.39 is 0 Å². The van der Waals surface area contributed by atoms with Crippen molar-refractivity contribution >= 4 is 33.3 Å². The first kappa shape index (κ1) is 10.8. The van der Waals surface area contributed by atoms with E-state index in [9.17, 15) is 4.79 Å². The smallest absolute Gasteiger partial charge is 0.219 e. The number of rotatable bonds is 4. The lowest BCUT2D eigenvalue weighted by molar-refractivity contribution is -0.118. The van der Waals surface area contributed by atoms with Crippen molar-refractivity contribution in [2.45, 2.75) is 19.4 Å². The highest BCUT2D eigenvalue weighted by Crippen LogP contribution is 2.25. The van der Waals surface area contributed by atoms with Crippen molar-refractivity contribution in [3.8, 4) is 0 Å². The van der Waals surface area contributed by atoms with Crippen LogP contribution in [0.4, 0.5) is 5.82 Å². The Labute approximate surface area is 96.7 Å². The molecule has 0 aliphatic heterocycles. The minimum absolute atomic E-state index is 0.0299. The zero-order valence-electron chi connectivity index (χ0n) is 8.80. The molecule has 6 heteroatoms. The average molecular weight is 236 g/mol. The zero-order chi connectivity index (χ0) is 11.5. The van der Waals surface area contributed by atoms with Gasteiger partial charge in [-0.3, -0.25) is 4.79 Å². The maximum Gasteiger partial charge on any atom is 0.219 e. The second kappa shape index (κ2) is 4.44. The molecule has 0 saturated heterocycles. The largest absolute Gasteiger partial charge is 0.370 e. The van der Waals surface area contributed by atoms with Crippen molar-refractivity contribution in [1.29, 1.82) is 0 Å². The van der Waals surface area contributed by atoms with Gasteiger partial charge >= 0.3 is 0 Å². The third-order valence-electron chi connectivity index (χ3n) is 2.13. The molecule has 2 rings (SSSR count). The lowest BCUT2D eigenvalue weighted by atomic mass is 10.2. The SMILES string of the molecule is CC(CC(N)=O)Nc1ncnc2ccsc12. The van der Waals surface area contributed by atoms with Crippen molar-refractivity contribution in [3.63, 3.8) is 0 Å². The molecular weight excluding hydrogens is 224 g/mol. The highest BCUT2D eigenvalue weighted by molar-refractivity contribution is 7.17. The highest BCUT2D eigenvalue weighted by atomic mass is 32.1. The lowest BCUT2D eigenvalue weighted by Crippen LogP contribution is -2.24. The van der Waals surface area contributed by atoms with Crippen LogP contribution in [0.25, 0.3) is 10.2 Å². The van der Waals surface area contributed by atoms with Gasteiger partial charge in [0.15, 0.2) is 0 Å². The number of amides is 1. The number of primary amides is 1. The molecule has 84 valence electrons. The molecule has 0 fully saturated rings. The summed E-state index contributed by atoms with van der Waals surface area (Å²) in [4.78, 5) is 19.1. The topological polar surface area (TPSA) is 80.9 Å². The number of carbonyl (C=O) groups excluding carboxylic acids is 1. The second-order valence-corrected chi connectivity index (χ2v) is 4.49. The molecule has 5 nitrogen and oxygen atoms in total. The first-order valence-electron chi connectivity index (χ1n) is 4.90.